The summed E-state index contributed by atoms with van der Waals surface area (Å²) in [5.74, 6) is 2.59. The molecule has 0 bridgehead atoms. The van der Waals surface area contributed by atoms with Crippen molar-refractivity contribution in [3.05, 3.63) is 11.6 Å². The lowest BCUT2D eigenvalue weighted by Crippen LogP contribution is -2.22. The Morgan fingerprint density at radius 3 is 2.73 bits per heavy atom. The number of carbonyl (C=O) groups is 1. The fraction of sp³-hybridized carbons (Fsp3) is 0.769. The van der Waals surface area contributed by atoms with E-state index in [-0.39, 0.29) is 5.41 Å². The van der Waals surface area contributed by atoms with Crippen molar-refractivity contribution in [2.75, 3.05) is 11.5 Å². The smallest absolute Gasteiger partial charge is 0.156 e. The molecule has 0 N–H and O–H groups in total. The summed E-state index contributed by atoms with van der Waals surface area (Å²) in [6.07, 6.45) is 6.24. The molecule has 2 heteroatoms. The Kier molecular flexibility index (Phi) is 4.91. The summed E-state index contributed by atoms with van der Waals surface area (Å²) >= 11 is 1.97. The van der Waals surface area contributed by atoms with Gasteiger partial charge in [0.15, 0.2) is 5.78 Å². The van der Waals surface area contributed by atoms with Gasteiger partial charge in [0.2, 0.25) is 0 Å². The minimum atomic E-state index is 0.187. The third kappa shape index (κ3) is 4.87. The largest absolute Gasteiger partial charge is 0.295 e. The Bertz CT molecular complexity index is 253. The van der Waals surface area contributed by atoms with Gasteiger partial charge >= 0.3 is 0 Å². The third-order valence-corrected chi connectivity index (χ3v) is 3.81. The molecule has 0 radical (unpaired) electrons. The van der Waals surface area contributed by atoms with Crippen molar-refractivity contribution in [1.29, 1.82) is 0 Å². The first-order valence-corrected chi connectivity index (χ1v) is 6.99. The van der Waals surface area contributed by atoms with Crippen LogP contribution in [0.2, 0.25) is 0 Å². The molecule has 15 heavy (non-hydrogen) atoms. The van der Waals surface area contributed by atoms with Gasteiger partial charge in [-0.3, -0.25) is 4.79 Å². The van der Waals surface area contributed by atoms with Crippen molar-refractivity contribution in [3.8, 4) is 0 Å². The number of allylic oxidation sites excluding steroid dienone is 1. The molecule has 1 aliphatic rings. The highest BCUT2D eigenvalue weighted by atomic mass is 32.2. The van der Waals surface area contributed by atoms with Crippen molar-refractivity contribution in [2.45, 2.75) is 46.5 Å². The number of unbranched alkanes of at least 4 members (excludes halogenated alkanes) is 1. The van der Waals surface area contributed by atoms with Gasteiger partial charge in [0.25, 0.3) is 0 Å². The first-order chi connectivity index (χ1) is 7.03. The second-order valence-electron chi connectivity index (χ2n) is 5.19. The molecule has 0 atom stereocenters. The molecular weight excluding hydrogens is 204 g/mol. The zero-order valence-corrected chi connectivity index (χ0v) is 11.0. The molecule has 0 fully saturated rings. The Morgan fingerprint density at radius 2 is 2.13 bits per heavy atom. The molecule has 1 rings (SSSR count). The highest BCUT2D eigenvalue weighted by Crippen LogP contribution is 2.34. The SMILES string of the molecule is CCCCSCC1=CC(=O)CC(C)(C)C1. The van der Waals surface area contributed by atoms with Gasteiger partial charge in [-0.1, -0.05) is 32.8 Å². The maximum Gasteiger partial charge on any atom is 0.156 e. The maximum absolute atomic E-state index is 11.5. The fourth-order valence-electron chi connectivity index (χ4n) is 2.02. The molecule has 0 unspecified atom stereocenters. The van der Waals surface area contributed by atoms with Crippen LogP contribution in [0.5, 0.6) is 0 Å². The van der Waals surface area contributed by atoms with Crippen LogP contribution >= 0.6 is 11.8 Å². The molecule has 0 aromatic carbocycles. The van der Waals surface area contributed by atoms with E-state index in [2.05, 4.69) is 20.8 Å². The van der Waals surface area contributed by atoms with Gasteiger partial charge in [-0.15, -0.1) is 0 Å². The highest BCUT2D eigenvalue weighted by Gasteiger charge is 2.26. The predicted octanol–water partition coefficient (Wildman–Crippen LogP) is 3.84. The van der Waals surface area contributed by atoms with Crippen molar-refractivity contribution >= 4 is 17.5 Å². The highest BCUT2D eigenvalue weighted by molar-refractivity contribution is 7.99. The Balaban J connectivity index is 2.37. The van der Waals surface area contributed by atoms with Gasteiger partial charge in [0.05, 0.1) is 0 Å². The van der Waals surface area contributed by atoms with Crippen molar-refractivity contribution < 1.29 is 4.79 Å². The van der Waals surface area contributed by atoms with Crippen LogP contribution in [0.25, 0.3) is 0 Å². The van der Waals surface area contributed by atoms with Crippen LogP contribution in [0.15, 0.2) is 11.6 Å². The summed E-state index contributed by atoms with van der Waals surface area (Å²) in [6.45, 7) is 6.59. The molecule has 0 aromatic rings. The van der Waals surface area contributed by atoms with E-state index in [9.17, 15) is 4.79 Å². The summed E-state index contributed by atoms with van der Waals surface area (Å²) in [5.41, 5.74) is 1.53. The lowest BCUT2D eigenvalue weighted by molar-refractivity contribution is -0.117. The van der Waals surface area contributed by atoms with E-state index >= 15 is 0 Å². The Labute approximate surface area is 97.7 Å². The topological polar surface area (TPSA) is 17.1 Å². The molecule has 0 aromatic heterocycles. The van der Waals surface area contributed by atoms with E-state index in [1.54, 1.807) is 0 Å². The molecule has 0 amide bonds. The predicted molar refractivity (Wildman–Crippen MR) is 68.3 cm³/mol. The van der Waals surface area contributed by atoms with Gasteiger partial charge < -0.3 is 0 Å². The van der Waals surface area contributed by atoms with Gasteiger partial charge in [0.1, 0.15) is 0 Å². The number of rotatable bonds is 5. The maximum atomic E-state index is 11.5. The van der Waals surface area contributed by atoms with Gasteiger partial charge in [-0.2, -0.15) is 11.8 Å². The number of thioether (sulfide) groups is 1. The molecule has 0 spiro atoms. The molecular formula is C13H22OS. The van der Waals surface area contributed by atoms with Gasteiger partial charge in [0, 0.05) is 12.2 Å². The number of hydrogen-bond acceptors (Lipinski definition) is 2. The van der Waals surface area contributed by atoms with Crippen molar-refractivity contribution in [3.63, 3.8) is 0 Å². The van der Waals surface area contributed by atoms with E-state index in [4.69, 9.17) is 0 Å². The second kappa shape index (κ2) is 5.74. The van der Waals surface area contributed by atoms with Gasteiger partial charge in [-0.05, 0) is 30.1 Å². The average Bonchev–Trinajstić information content (AvgIpc) is 2.09. The minimum absolute atomic E-state index is 0.187. The van der Waals surface area contributed by atoms with E-state index in [0.29, 0.717) is 5.78 Å². The first-order valence-electron chi connectivity index (χ1n) is 5.83. The van der Waals surface area contributed by atoms with Crippen LogP contribution in [0.4, 0.5) is 0 Å². The lowest BCUT2D eigenvalue weighted by atomic mass is 9.77. The summed E-state index contributed by atoms with van der Waals surface area (Å²) in [6, 6.07) is 0. The van der Waals surface area contributed by atoms with Crippen LogP contribution in [-0.2, 0) is 4.79 Å². The normalized spacial score (nSPS) is 20.2. The summed E-state index contributed by atoms with van der Waals surface area (Å²) in [7, 11) is 0. The van der Waals surface area contributed by atoms with E-state index in [0.717, 1.165) is 18.6 Å². The molecule has 1 aliphatic carbocycles. The minimum Gasteiger partial charge on any atom is -0.295 e. The first kappa shape index (κ1) is 12.8. The lowest BCUT2D eigenvalue weighted by Gasteiger charge is -2.28. The zero-order valence-electron chi connectivity index (χ0n) is 10.1. The molecule has 0 saturated carbocycles. The van der Waals surface area contributed by atoms with Gasteiger partial charge in [-0.25, -0.2) is 0 Å². The van der Waals surface area contributed by atoms with E-state index in [1.807, 2.05) is 17.8 Å². The van der Waals surface area contributed by atoms with Crippen molar-refractivity contribution in [2.24, 2.45) is 5.41 Å². The van der Waals surface area contributed by atoms with E-state index < -0.39 is 0 Å². The van der Waals surface area contributed by atoms with E-state index in [1.165, 1.54) is 24.2 Å². The zero-order chi connectivity index (χ0) is 11.3. The standard InChI is InChI=1S/C13H22OS/c1-4-5-6-15-10-11-7-12(14)9-13(2,3)8-11/h7H,4-6,8-10H2,1-3H3. The van der Waals surface area contributed by atoms with Crippen LogP contribution in [0.1, 0.15) is 46.5 Å². The fourth-order valence-corrected chi connectivity index (χ4v) is 3.11. The molecule has 0 aliphatic heterocycles. The number of hydrogen-bond donors (Lipinski definition) is 0. The molecule has 0 saturated heterocycles. The molecule has 86 valence electrons. The summed E-state index contributed by atoms with van der Waals surface area (Å²) in [4.78, 5) is 11.5. The number of carbonyl (C=O) groups excluding carboxylic acids is 1. The van der Waals surface area contributed by atoms with Crippen LogP contribution in [0, 0.1) is 5.41 Å². The Morgan fingerprint density at radius 1 is 1.40 bits per heavy atom. The monoisotopic (exact) mass is 226 g/mol. The summed E-state index contributed by atoms with van der Waals surface area (Å²) < 4.78 is 0. The average molecular weight is 226 g/mol. The second-order valence-corrected chi connectivity index (χ2v) is 6.30. The third-order valence-electron chi connectivity index (χ3n) is 2.65. The quantitative estimate of drug-likeness (QED) is 0.663. The molecule has 1 nitrogen and oxygen atoms in total. The van der Waals surface area contributed by atoms with Crippen LogP contribution in [0.3, 0.4) is 0 Å². The van der Waals surface area contributed by atoms with Crippen molar-refractivity contribution in [1.82, 2.24) is 0 Å². The van der Waals surface area contributed by atoms with Crippen LogP contribution < -0.4 is 0 Å². The Hall–Kier alpha value is -0.240. The summed E-state index contributed by atoms with van der Waals surface area (Å²) in [5, 5.41) is 0. The van der Waals surface area contributed by atoms with Crippen LogP contribution in [-0.4, -0.2) is 17.3 Å². The number of ketones is 1. The molecule has 0 heterocycles.